The molecule has 4 rings (SSSR count). The lowest BCUT2D eigenvalue weighted by Crippen LogP contribution is -2.29. The lowest BCUT2D eigenvalue weighted by atomic mass is 9.94. The van der Waals surface area contributed by atoms with E-state index in [9.17, 15) is 14.7 Å². The van der Waals surface area contributed by atoms with Crippen molar-refractivity contribution in [3.05, 3.63) is 89.0 Å². The molecule has 3 aromatic carbocycles. The van der Waals surface area contributed by atoms with Gasteiger partial charge in [0.25, 0.3) is 11.7 Å². The highest BCUT2D eigenvalue weighted by Gasteiger charge is 2.47. The topological polar surface area (TPSA) is 85.3 Å². The number of carbonyl (C=O) groups excluding carboxylic acids is 2. The van der Waals surface area contributed by atoms with Crippen molar-refractivity contribution in [2.75, 3.05) is 18.6 Å². The number of carbonyl (C=O) groups is 2. The molecule has 7 nitrogen and oxygen atoms in total. The van der Waals surface area contributed by atoms with Gasteiger partial charge in [-0.05, 0) is 80.8 Å². The maximum atomic E-state index is 13.5. The fourth-order valence-electron chi connectivity index (χ4n) is 4.51. The zero-order chi connectivity index (χ0) is 27.4. The third kappa shape index (κ3) is 5.37. The van der Waals surface area contributed by atoms with Crippen LogP contribution in [0.5, 0.6) is 17.2 Å². The minimum Gasteiger partial charge on any atom is -0.507 e. The molecule has 1 fully saturated rings. The molecular formula is C31H33NO6. The molecule has 0 saturated carbocycles. The van der Waals surface area contributed by atoms with Crippen molar-refractivity contribution in [3.8, 4) is 17.2 Å². The number of methoxy groups -OCH3 is 1. The van der Waals surface area contributed by atoms with Gasteiger partial charge in [0.05, 0.1) is 31.4 Å². The third-order valence-electron chi connectivity index (χ3n) is 6.23. The molecule has 0 radical (unpaired) electrons. The van der Waals surface area contributed by atoms with E-state index in [4.69, 9.17) is 14.2 Å². The zero-order valence-corrected chi connectivity index (χ0v) is 22.4. The molecule has 1 amide bonds. The smallest absolute Gasteiger partial charge is 0.300 e. The van der Waals surface area contributed by atoms with Crippen molar-refractivity contribution in [3.63, 3.8) is 0 Å². The van der Waals surface area contributed by atoms with Gasteiger partial charge in [-0.1, -0.05) is 25.1 Å². The third-order valence-corrected chi connectivity index (χ3v) is 6.23. The largest absolute Gasteiger partial charge is 0.507 e. The summed E-state index contributed by atoms with van der Waals surface area (Å²) in [6.45, 7) is 8.29. The van der Waals surface area contributed by atoms with Crippen LogP contribution >= 0.6 is 0 Å². The first-order valence-corrected chi connectivity index (χ1v) is 12.7. The van der Waals surface area contributed by atoms with Crippen molar-refractivity contribution in [2.24, 2.45) is 0 Å². The maximum Gasteiger partial charge on any atom is 0.300 e. The molecule has 1 aliphatic heterocycles. The monoisotopic (exact) mass is 515 g/mol. The lowest BCUT2D eigenvalue weighted by molar-refractivity contribution is -0.132. The summed E-state index contributed by atoms with van der Waals surface area (Å²) in [7, 11) is 1.54. The van der Waals surface area contributed by atoms with E-state index in [0.717, 1.165) is 12.0 Å². The number of hydrogen-bond acceptors (Lipinski definition) is 6. The number of ketones is 1. The van der Waals surface area contributed by atoms with Gasteiger partial charge < -0.3 is 19.3 Å². The molecule has 198 valence electrons. The molecule has 0 spiro atoms. The van der Waals surface area contributed by atoms with Crippen LogP contribution in [0, 0.1) is 6.92 Å². The van der Waals surface area contributed by atoms with Crippen LogP contribution in [0.2, 0.25) is 0 Å². The molecule has 0 bridgehead atoms. The standard InChI is InChI=1S/C31H33NO6/c1-6-15-37-25-12-7-9-21(17-25)28-27(29(33)22-13-14-26(20(4)16-22)38-19(2)3)30(34)31(35)32(28)23-10-8-11-24(18-23)36-5/h7-14,16-19,28,33H,6,15H2,1-5H3/b29-27+. The van der Waals surface area contributed by atoms with E-state index in [2.05, 4.69) is 0 Å². The van der Waals surface area contributed by atoms with E-state index in [-0.39, 0.29) is 17.4 Å². The highest BCUT2D eigenvalue weighted by atomic mass is 16.5. The summed E-state index contributed by atoms with van der Waals surface area (Å²) in [5.41, 5.74) is 2.34. The van der Waals surface area contributed by atoms with Crippen LogP contribution in [-0.4, -0.2) is 36.6 Å². The van der Waals surface area contributed by atoms with Gasteiger partial charge in [0.15, 0.2) is 0 Å². The SMILES string of the molecule is CCCOc1cccc(C2/C(=C(\O)c3ccc(OC(C)C)c(C)c3)C(=O)C(=O)N2c2cccc(OC)c2)c1. The highest BCUT2D eigenvalue weighted by Crippen LogP contribution is 2.43. The number of aryl methyl sites for hydroxylation is 1. The van der Waals surface area contributed by atoms with E-state index in [1.807, 2.05) is 45.9 Å². The molecule has 1 N–H and O–H groups in total. The van der Waals surface area contributed by atoms with Gasteiger partial charge in [0, 0.05) is 17.3 Å². The van der Waals surface area contributed by atoms with Crippen LogP contribution in [0.1, 0.15) is 49.9 Å². The number of rotatable bonds is 9. The molecular weight excluding hydrogens is 482 g/mol. The molecule has 0 aliphatic carbocycles. The van der Waals surface area contributed by atoms with Crippen LogP contribution in [0.15, 0.2) is 72.3 Å². The maximum absolute atomic E-state index is 13.5. The number of amides is 1. The van der Waals surface area contributed by atoms with Gasteiger partial charge in [-0.2, -0.15) is 0 Å². The van der Waals surface area contributed by atoms with Crippen molar-refractivity contribution in [2.45, 2.75) is 46.3 Å². The Morgan fingerprint density at radius 3 is 2.42 bits per heavy atom. The summed E-state index contributed by atoms with van der Waals surface area (Å²) in [5.74, 6) is 0.0891. The van der Waals surface area contributed by atoms with E-state index in [0.29, 0.717) is 40.7 Å². The van der Waals surface area contributed by atoms with Gasteiger partial charge in [0.1, 0.15) is 23.0 Å². The summed E-state index contributed by atoms with van der Waals surface area (Å²) in [4.78, 5) is 28.4. The number of aliphatic hydroxyl groups is 1. The minimum atomic E-state index is -0.876. The minimum absolute atomic E-state index is 0.00221. The Balaban J connectivity index is 1.89. The van der Waals surface area contributed by atoms with Crippen LogP contribution in [0.4, 0.5) is 5.69 Å². The molecule has 7 heteroatoms. The van der Waals surface area contributed by atoms with E-state index in [1.54, 1.807) is 48.5 Å². The van der Waals surface area contributed by atoms with Gasteiger partial charge >= 0.3 is 0 Å². The molecule has 3 aromatic rings. The van der Waals surface area contributed by atoms with Gasteiger partial charge in [0.2, 0.25) is 0 Å². The number of benzene rings is 3. The van der Waals surface area contributed by atoms with Gasteiger partial charge in [-0.3, -0.25) is 14.5 Å². The van der Waals surface area contributed by atoms with E-state index in [1.165, 1.54) is 12.0 Å². The summed E-state index contributed by atoms with van der Waals surface area (Å²) in [6, 6.07) is 18.5. The van der Waals surface area contributed by atoms with Crippen molar-refractivity contribution < 1.29 is 28.9 Å². The fourth-order valence-corrected chi connectivity index (χ4v) is 4.51. The molecule has 1 atom stereocenters. The average molecular weight is 516 g/mol. The van der Waals surface area contributed by atoms with E-state index >= 15 is 0 Å². The second-order valence-electron chi connectivity index (χ2n) is 9.44. The predicted molar refractivity (Wildman–Crippen MR) is 147 cm³/mol. The first-order valence-electron chi connectivity index (χ1n) is 12.7. The van der Waals surface area contributed by atoms with Gasteiger partial charge in [-0.25, -0.2) is 0 Å². The summed E-state index contributed by atoms with van der Waals surface area (Å²) in [5, 5.41) is 11.5. The first kappa shape index (κ1) is 26.8. The summed E-state index contributed by atoms with van der Waals surface area (Å²) < 4.78 is 17.0. The Hall–Kier alpha value is -4.26. The van der Waals surface area contributed by atoms with Crippen LogP contribution in [0.3, 0.4) is 0 Å². The average Bonchev–Trinajstić information content (AvgIpc) is 3.18. The molecule has 1 aliphatic rings. The van der Waals surface area contributed by atoms with Crippen LogP contribution in [-0.2, 0) is 9.59 Å². The Morgan fingerprint density at radius 1 is 1.00 bits per heavy atom. The van der Waals surface area contributed by atoms with E-state index < -0.39 is 17.7 Å². The van der Waals surface area contributed by atoms with Crippen LogP contribution in [0.25, 0.3) is 5.76 Å². The molecule has 0 aromatic heterocycles. The highest BCUT2D eigenvalue weighted by molar-refractivity contribution is 6.51. The molecule has 38 heavy (non-hydrogen) atoms. The first-order chi connectivity index (χ1) is 18.2. The van der Waals surface area contributed by atoms with Crippen molar-refractivity contribution >= 4 is 23.1 Å². The lowest BCUT2D eigenvalue weighted by Gasteiger charge is -2.26. The normalized spacial score (nSPS) is 16.7. The number of nitrogens with zero attached hydrogens (tertiary/aromatic N) is 1. The summed E-state index contributed by atoms with van der Waals surface area (Å²) >= 11 is 0. The van der Waals surface area contributed by atoms with Crippen molar-refractivity contribution in [1.29, 1.82) is 0 Å². The quantitative estimate of drug-likeness (QED) is 0.207. The number of anilines is 1. The second-order valence-corrected chi connectivity index (χ2v) is 9.44. The number of hydrogen-bond donors (Lipinski definition) is 1. The number of Topliss-reactive ketones (excluding diaryl/α,β-unsaturated/α-hetero) is 1. The number of ether oxygens (including phenoxy) is 3. The Morgan fingerprint density at radius 2 is 1.74 bits per heavy atom. The molecule has 1 unspecified atom stereocenters. The Kier molecular flexibility index (Phi) is 8.05. The van der Waals surface area contributed by atoms with Crippen LogP contribution < -0.4 is 19.1 Å². The molecule has 1 heterocycles. The molecule has 1 saturated heterocycles. The fraction of sp³-hybridized carbons (Fsp3) is 0.290. The van der Waals surface area contributed by atoms with Gasteiger partial charge in [-0.15, -0.1) is 0 Å². The predicted octanol–water partition coefficient (Wildman–Crippen LogP) is 6.21. The Labute approximate surface area is 223 Å². The second kappa shape index (κ2) is 11.4. The number of aliphatic hydroxyl groups excluding tert-OH is 1. The Bertz CT molecular complexity index is 1380. The van der Waals surface area contributed by atoms with Crippen molar-refractivity contribution in [1.82, 2.24) is 0 Å². The summed E-state index contributed by atoms with van der Waals surface area (Å²) in [6.07, 6.45) is 0.825. The zero-order valence-electron chi connectivity index (χ0n) is 22.4.